The molecule has 0 atom stereocenters. The number of aliphatic imine (C=N–C) groups is 1. The molecule has 0 radical (unpaired) electrons. The van der Waals surface area contributed by atoms with E-state index in [0.29, 0.717) is 0 Å². The minimum atomic E-state index is -2.67. The van der Waals surface area contributed by atoms with Crippen LogP contribution in [0.1, 0.15) is 106 Å². The molecule has 0 aromatic heterocycles. The number of benzene rings is 1. The Bertz CT molecular complexity index is 897. The van der Waals surface area contributed by atoms with Crippen LogP contribution < -0.4 is 9.31 Å². The standard InChI is InChI=1S/C18H26N3O4.3C4H9.Sn/c1-17(2,3)24-15(22)20-14(19)21(16(23)25-18(4,5)6)12-13-10-8-7-9-11-13;3*1-3-4-2;/h7-8,10-11H,12H2,1-6H3,(H2,19,20,22);3*1,3-4H2,2H3;. The summed E-state index contributed by atoms with van der Waals surface area (Å²) in [5.74, 6) is -0.239. The molecule has 1 aromatic rings. The van der Waals surface area contributed by atoms with Gasteiger partial charge in [-0.25, -0.2) is 0 Å². The molecule has 0 bridgehead atoms. The summed E-state index contributed by atoms with van der Waals surface area (Å²) < 4.78 is 16.5. The maximum absolute atomic E-state index is 13.2. The average Bonchev–Trinajstić information content (AvgIpc) is 2.80. The summed E-state index contributed by atoms with van der Waals surface area (Å²) in [5, 5.41) is 0. The molecule has 8 heteroatoms. The number of carbonyl (C=O) groups excluding carboxylic acids is 2. The van der Waals surface area contributed by atoms with Gasteiger partial charge in [-0.15, -0.1) is 0 Å². The molecule has 38 heavy (non-hydrogen) atoms. The monoisotopic (exact) mass is 639 g/mol. The Kier molecular flexibility index (Phi) is 14.2. The van der Waals surface area contributed by atoms with Crippen LogP contribution in [0.4, 0.5) is 9.59 Å². The van der Waals surface area contributed by atoms with Crippen LogP contribution >= 0.6 is 0 Å². The second-order valence-corrected chi connectivity index (χ2v) is 25.5. The minimum absolute atomic E-state index is 0.165. The topological polar surface area (TPSA) is 94.2 Å². The Morgan fingerprint density at radius 2 is 1.37 bits per heavy atom. The molecule has 2 N–H and O–H groups in total. The van der Waals surface area contributed by atoms with Gasteiger partial charge >= 0.3 is 237 Å². The fourth-order valence-corrected chi connectivity index (χ4v) is 20.7. The van der Waals surface area contributed by atoms with E-state index >= 15 is 0 Å². The van der Waals surface area contributed by atoms with E-state index in [1.54, 1.807) is 41.5 Å². The Hall–Kier alpha value is -1.77. The van der Waals surface area contributed by atoms with Gasteiger partial charge in [0.1, 0.15) is 0 Å². The van der Waals surface area contributed by atoms with E-state index in [9.17, 15) is 9.59 Å². The van der Waals surface area contributed by atoms with Crippen LogP contribution in [0, 0.1) is 0 Å². The van der Waals surface area contributed by atoms with Crippen molar-refractivity contribution in [2.45, 2.75) is 132 Å². The van der Waals surface area contributed by atoms with E-state index in [1.165, 1.54) is 60.3 Å². The molecule has 0 spiro atoms. The first-order valence-electron chi connectivity index (χ1n) is 14.3. The first-order valence-corrected chi connectivity index (χ1v) is 21.8. The molecular formula is C30H53N3O4Sn. The summed E-state index contributed by atoms with van der Waals surface area (Å²) in [6.45, 7) is 17.6. The zero-order valence-electron chi connectivity index (χ0n) is 25.5. The van der Waals surface area contributed by atoms with Gasteiger partial charge in [0, 0.05) is 0 Å². The molecule has 2 amide bonds. The summed E-state index contributed by atoms with van der Waals surface area (Å²) >= 11 is -2.67. The summed E-state index contributed by atoms with van der Waals surface area (Å²) in [7, 11) is 0. The van der Waals surface area contributed by atoms with Gasteiger partial charge in [-0.2, -0.15) is 0 Å². The molecule has 1 rings (SSSR count). The molecule has 0 aliphatic carbocycles. The Morgan fingerprint density at radius 3 is 1.82 bits per heavy atom. The summed E-state index contributed by atoms with van der Waals surface area (Å²) in [6.07, 6.45) is 5.95. The van der Waals surface area contributed by atoms with Crippen LogP contribution in [0.5, 0.6) is 0 Å². The molecule has 7 nitrogen and oxygen atoms in total. The van der Waals surface area contributed by atoms with Crippen molar-refractivity contribution in [2.75, 3.05) is 0 Å². The second kappa shape index (κ2) is 15.7. The van der Waals surface area contributed by atoms with Gasteiger partial charge in [-0.3, -0.25) is 0 Å². The van der Waals surface area contributed by atoms with Crippen molar-refractivity contribution in [2.24, 2.45) is 10.7 Å². The van der Waals surface area contributed by atoms with Crippen molar-refractivity contribution in [3.8, 4) is 0 Å². The quantitative estimate of drug-likeness (QED) is 0.144. The van der Waals surface area contributed by atoms with Gasteiger partial charge < -0.3 is 0 Å². The molecule has 0 aliphatic heterocycles. The van der Waals surface area contributed by atoms with Gasteiger partial charge in [-0.1, -0.05) is 0 Å². The number of amides is 2. The van der Waals surface area contributed by atoms with Gasteiger partial charge in [-0.05, 0) is 0 Å². The number of hydrogen-bond acceptors (Lipinski definition) is 4. The molecule has 0 saturated carbocycles. The maximum atomic E-state index is 13.2. The number of unbranched alkanes of at least 4 members (excludes halogenated alkanes) is 3. The van der Waals surface area contributed by atoms with Crippen molar-refractivity contribution in [1.29, 1.82) is 0 Å². The van der Waals surface area contributed by atoms with Crippen LogP contribution in [0.3, 0.4) is 0 Å². The number of nitrogens with zero attached hydrogens (tertiary/aromatic N) is 2. The van der Waals surface area contributed by atoms with Gasteiger partial charge in [0.25, 0.3) is 0 Å². The van der Waals surface area contributed by atoms with E-state index in [-0.39, 0.29) is 12.5 Å². The molecule has 0 aliphatic rings. The predicted molar refractivity (Wildman–Crippen MR) is 161 cm³/mol. The first-order chi connectivity index (χ1) is 17.7. The van der Waals surface area contributed by atoms with Crippen LogP contribution in [0.2, 0.25) is 13.3 Å². The van der Waals surface area contributed by atoms with E-state index in [1.807, 2.05) is 6.07 Å². The van der Waals surface area contributed by atoms with E-state index in [4.69, 9.17) is 15.2 Å². The summed E-state index contributed by atoms with van der Waals surface area (Å²) in [6, 6.07) is 8.72. The van der Waals surface area contributed by atoms with Gasteiger partial charge in [0.2, 0.25) is 0 Å². The molecule has 0 saturated heterocycles. The average molecular weight is 638 g/mol. The molecule has 216 valence electrons. The zero-order chi connectivity index (χ0) is 29.0. The van der Waals surface area contributed by atoms with Crippen molar-refractivity contribution in [1.82, 2.24) is 4.90 Å². The van der Waals surface area contributed by atoms with Crippen molar-refractivity contribution >= 4 is 40.1 Å². The predicted octanol–water partition coefficient (Wildman–Crippen LogP) is 7.73. The molecule has 0 unspecified atom stereocenters. The Morgan fingerprint density at radius 1 is 0.868 bits per heavy atom. The first kappa shape index (κ1) is 34.3. The molecular weight excluding hydrogens is 585 g/mol. The number of hydrogen-bond donors (Lipinski definition) is 1. The van der Waals surface area contributed by atoms with Crippen LogP contribution in [0.25, 0.3) is 0 Å². The molecule has 1 aromatic carbocycles. The SMILES string of the molecule is CCC[CH2][Sn]([CH2]CCC)([CH2]CCC)[c]1cccc(CN(C(=O)OC(C)(C)C)/C(N)=N/C(=O)OC(C)(C)C)c1. The number of ether oxygens (including phenoxy) is 2. The summed E-state index contributed by atoms with van der Waals surface area (Å²) in [4.78, 5) is 30.6. The molecule has 0 fully saturated rings. The third-order valence-corrected chi connectivity index (χ3v) is 22.0. The van der Waals surface area contributed by atoms with Crippen LogP contribution in [-0.2, 0) is 16.0 Å². The third kappa shape index (κ3) is 12.4. The fraction of sp³-hybridized carbons (Fsp3) is 0.700. The zero-order valence-corrected chi connectivity index (χ0v) is 28.3. The van der Waals surface area contributed by atoms with Crippen molar-refractivity contribution in [3.05, 3.63) is 29.8 Å². The van der Waals surface area contributed by atoms with Crippen molar-refractivity contribution in [3.63, 3.8) is 0 Å². The third-order valence-electron chi connectivity index (χ3n) is 6.40. The fourth-order valence-electron chi connectivity index (χ4n) is 4.53. The van der Waals surface area contributed by atoms with E-state index in [2.05, 4.69) is 44.0 Å². The van der Waals surface area contributed by atoms with E-state index < -0.39 is 41.8 Å². The Balaban J connectivity index is 3.45. The van der Waals surface area contributed by atoms with Gasteiger partial charge in [0.15, 0.2) is 0 Å². The number of nitrogens with two attached hydrogens (primary N) is 1. The number of carbonyl (C=O) groups is 2. The van der Waals surface area contributed by atoms with Crippen molar-refractivity contribution < 1.29 is 19.1 Å². The van der Waals surface area contributed by atoms with Crippen LogP contribution in [-0.4, -0.2) is 52.6 Å². The second-order valence-electron chi connectivity index (χ2n) is 12.3. The normalized spacial score (nSPS) is 12.8. The van der Waals surface area contributed by atoms with Gasteiger partial charge in [0.05, 0.1) is 0 Å². The molecule has 0 heterocycles. The number of rotatable bonds is 12. The Labute approximate surface area is 235 Å². The number of guanidine groups is 1. The van der Waals surface area contributed by atoms with E-state index in [0.717, 1.165) is 5.56 Å². The van der Waals surface area contributed by atoms with Crippen LogP contribution in [0.15, 0.2) is 29.3 Å². The summed E-state index contributed by atoms with van der Waals surface area (Å²) in [5.41, 5.74) is 5.72.